The molecular formula is C19H33N5O2. The highest BCUT2D eigenvalue weighted by Gasteiger charge is 2.24. The fourth-order valence-corrected chi connectivity index (χ4v) is 3.80. The zero-order valence-electron chi connectivity index (χ0n) is 16.4. The fraction of sp³-hybridized carbons (Fsp3) is 0.789. The van der Waals surface area contributed by atoms with E-state index in [0.29, 0.717) is 12.4 Å². The Balaban J connectivity index is 1.47. The van der Waals surface area contributed by atoms with Crippen molar-refractivity contribution in [3.05, 3.63) is 22.7 Å². The Bertz CT molecular complexity index is 627. The number of nitrogens with zero attached hydrogens (tertiary/aromatic N) is 5. The Kier molecular flexibility index (Phi) is 6.67. The Labute approximate surface area is 156 Å². The first-order valence-electron chi connectivity index (χ1n) is 9.82. The van der Waals surface area contributed by atoms with Crippen molar-refractivity contribution in [1.82, 2.24) is 19.4 Å². The average molecular weight is 364 g/mol. The van der Waals surface area contributed by atoms with E-state index in [2.05, 4.69) is 21.7 Å². The van der Waals surface area contributed by atoms with Gasteiger partial charge in [-0.25, -0.2) is 4.98 Å². The van der Waals surface area contributed by atoms with Crippen LogP contribution < -0.4 is 10.5 Å². The molecule has 1 aromatic heterocycles. The second-order valence-corrected chi connectivity index (χ2v) is 7.86. The summed E-state index contributed by atoms with van der Waals surface area (Å²) in [6.07, 6.45) is 6.12. The lowest BCUT2D eigenvalue weighted by atomic mass is 9.99. The molecule has 2 aliphatic rings. The summed E-state index contributed by atoms with van der Waals surface area (Å²) in [7, 11) is 3.67. The van der Waals surface area contributed by atoms with Crippen molar-refractivity contribution >= 4 is 5.82 Å². The number of rotatable bonds is 6. The van der Waals surface area contributed by atoms with Gasteiger partial charge in [-0.3, -0.25) is 9.69 Å². The summed E-state index contributed by atoms with van der Waals surface area (Å²) in [5, 5.41) is 0. The van der Waals surface area contributed by atoms with Crippen LogP contribution in [-0.2, 0) is 11.8 Å². The number of likely N-dealkylation sites (N-methyl/N-ethyl adjacent to an activating group) is 1. The largest absolute Gasteiger partial charge is 0.374 e. The van der Waals surface area contributed by atoms with Crippen molar-refractivity contribution in [2.24, 2.45) is 13.0 Å². The van der Waals surface area contributed by atoms with Gasteiger partial charge in [-0.15, -0.1) is 0 Å². The third-order valence-electron chi connectivity index (χ3n) is 5.67. The Morgan fingerprint density at radius 3 is 2.73 bits per heavy atom. The second kappa shape index (κ2) is 8.97. The first-order chi connectivity index (χ1) is 12.5. The topological polar surface area (TPSA) is 53.8 Å². The summed E-state index contributed by atoms with van der Waals surface area (Å²) >= 11 is 0. The van der Waals surface area contributed by atoms with Crippen LogP contribution in [-0.4, -0.2) is 84.9 Å². The maximum Gasteiger partial charge on any atom is 0.293 e. The van der Waals surface area contributed by atoms with Crippen molar-refractivity contribution in [2.75, 3.05) is 64.4 Å². The molecule has 0 amide bonds. The van der Waals surface area contributed by atoms with E-state index in [-0.39, 0.29) is 11.7 Å². The normalized spacial score (nSPS) is 23.3. The van der Waals surface area contributed by atoms with E-state index >= 15 is 0 Å². The molecule has 146 valence electrons. The van der Waals surface area contributed by atoms with Gasteiger partial charge < -0.3 is 19.1 Å². The van der Waals surface area contributed by atoms with E-state index in [0.717, 1.165) is 38.7 Å². The van der Waals surface area contributed by atoms with Gasteiger partial charge in [-0.05, 0) is 31.8 Å². The predicted octanol–water partition coefficient (Wildman–Crippen LogP) is 0.649. The molecule has 0 N–H and O–H groups in total. The molecule has 2 saturated heterocycles. The summed E-state index contributed by atoms with van der Waals surface area (Å²) in [4.78, 5) is 23.5. The van der Waals surface area contributed by atoms with E-state index in [1.807, 2.05) is 11.9 Å². The first-order valence-corrected chi connectivity index (χ1v) is 9.82. The molecule has 0 saturated carbocycles. The van der Waals surface area contributed by atoms with Crippen molar-refractivity contribution < 1.29 is 4.74 Å². The van der Waals surface area contributed by atoms with Crippen LogP contribution in [0.3, 0.4) is 0 Å². The van der Waals surface area contributed by atoms with Crippen molar-refractivity contribution in [1.29, 1.82) is 0 Å². The molecule has 0 aliphatic carbocycles. The van der Waals surface area contributed by atoms with Gasteiger partial charge in [0.25, 0.3) is 5.56 Å². The van der Waals surface area contributed by atoms with Gasteiger partial charge in [0.2, 0.25) is 0 Å². The molecule has 1 aromatic rings. The van der Waals surface area contributed by atoms with Gasteiger partial charge >= 0.3 is 0 Å². The van der Waals surface area contributed by atoms with Gasteiger partial charge in [-0.2, -0.15) is 0 Å². The second-order valence-electron chi connectivity index (χ2n) is 7.86. The van der Waals surface area contributed by atoms with Crippen LogP contribution in [0.1, 0.15) is 19.8 Å². The summed E-state index contributed by atoms with van der Waals surface area (Å²) in [6.45, 7) is 10.4. The zero-order valence-corrected chi connectivity index (χ0v) is 16.4. The highest BCUT2D eigenvalue weighted by Crippen LogP contribution is 2.16. The van der Waals surface area contributed by atoms with Crippen molar-refractivity contribution in [3.63, 3.8) is 0 Å². The van der Waals surface area contributed by atoms with Crippen LogP contribution in [0, 0.1) is 5.92 Å². The lowest BCUT2D eigenvalue weighted by Crippen LogP contribution is -2.50. The molecular weight excluding hydrogens is 330 g/mol. The smallest absolute Gasteiger partial charge is 0.293 e. The molecule has 26 heavy (non-hydrogen) atoms. The van der Waals surface area contributed by atoms with Gasteiger partial charge in [0.15, 0.2) is 5.82 Å². The number of morpholine rings is 1. The van der Waals surface area contributed by atoms with E-state index in [1.54, 1.807) is 24.0 Å². The van der Waals surface area contributed by atoms with Crippen LogP contribution >= 0.6 is 0 Å². The molecule has 2 fully saturated rings. The minimum Gasteiger partial charge on any atom is -0.374 e. The number of anilines is 1. The number of hydrogen-bond donors (Lipinski definition) is 0. The maximum atomic E-state index is 12.2. The number of hydrogen-bond acceptors (Lipinski definition) is 6. The van der Waals surface area contributed by atoms with Crippen molar-refractivity contribution in [2.45, 2.75) is 25.9 Å². The van der Waals surface area contributed by atoms with E-state index in [9.17, 15) is 4.79 Å². The monoisotopic (exact) mass is 363 g/mol. The van der Waals surface area contributed by atoms with Gasteiger partial charge in [0, 0.05) is 59.2 Å². The van der Waals surface area contributed by atoms with Crippen molar-refractivity contribution in [3.8, 4) is 0 Å². The molecule has 1 atom stereocenters. The van der Waals surface area contributed by atoms with Crippen LogP contribution in [0.25, 0.3) is 0 Å². The molecule has 7 heteroatoms. The Hall–Kier alpha value is -1.44. The lowest BCUT2D eigenvalue weighted by molar-refractivity contribution is -0.0264. The highest BCUT2D eigenvalue weighted by molar-refractivity contribution is 5.34. The minimum atomic E-state index is -0.0676. The predicted molar refractivity (Wildman–Crippen MR) is 104 cm³/mol. The number of likely N-dealkylation sites (tertiary alicyclic amines) is 1. The molecule has 7 nitrogen and oxygen atoms in total. The third-order valence-corrected chi connectivity index (χ3v) is 5.67. The summed E-state index contributed by atoms with van der Waals surface area (Å²) < 4.78 is 7.50. The zero-order chi connectivity index (χ0) is 18.5. The fourth-order valence-electron chi connectivity index (χ4n) is 3.80. The van der Waals surface area contributed by atoms with E-state index in [4.69, 9.17) is 4.74 Å². The Morgan fingerprint density at radius 2 is 1.96 bits per heavy atom. The van der Waals surface area contributed by atoms with Crippen LogP contribution in [0.15, 0.2) is 17.2 Å². The maximum absolute atomic E-state index is 12.2. The lowest BCUT2D eigenvalue weighted by Gasteiger charge is -2.37. The summed E-state index contributed by atoms with van der Waals surface area (Å²) in [5.74, 6) is 1.37. The molecule has 0 spiro atoms. The van der Waals surface area contributed by atoms with Crippen LogP contribution in [0.2, 0.25) is 0 Å². The first kappa shape index (κ1) is 19.3. The van der Waals surface area contributed by atoms with Crippen LogP contribution in [0.5, 0.6) is 0 Å². The van der Waals surface area contributed by atoms with E-state index in [1.165, 1.54) is 25.9 Å². The molecule has 0 bridgehead atoms. The number of aromatic nitrogens is 2. The molecule has 0 unspecified atom stereocenters. The van der Waals surface area contributed by atoms with Gasteiger partial charge in [0.05, 0.1) is 12.7 Å². The molecule has 0 aromatic carbocycles. The molecule has 0 radical (unpaired) electrons. The average Bonchev–Trinajstić information content (AvgIpc) is 2.64. The van der Waals surface area contributed by atoms with Crippen LogP contribution in [0.4, 0.5) is 5.82 Å². The molecule has 3 rings (SSSR count). The van der Waals surface area contributed by atoms with E-state index < -0.39 is 0 Å². The highest BCUT2D eigenvalue weighted by atomic mass is 16.5. The van der Waals surface area contributed by atoms with Gasteiger partial charge in [0.1, 0.15) is 0 Å². The minimum absolute atomic E-state index is 0.0676. The number of ether oxygens (including phenoxy) is 1. The van der Waals surface area contributed by atoms with Gasteiger partial charge in [-0.1, -0.05) is 6.92 Å². The molecule has 3 heterocycles. The standard InChI is InChI=1S/C19H33N5O2/c1-16-4-7-23(8-5-16)10-11-24-12-13-26-17(15-24)14-22(3)18-19(25)21(2)9-6-20-18/h6,9,16-17H,4-5,7-8,10-15H2,1-3H3/t17-/m1/s1. The third kappa shape index (κ3) is 5.05. The SMILES string of the molecule is CC1CCN(CCN2CCO[C@H](CN(C)c3nccn(C)c3=O)C2)CC1. The number of piperidine rings is 1. The number of aryl methyl sites for hydroxylation is 1. The summed E-state index contributed by atoms with van der Waals surface area (Å²) in [6, 6.07) is 0. The Morgan fingerprint density at radius 1 is 1.23 bits per heavy atom. The summed E-state index contributed by atoms with van der Waals surface area (Å²) in [5.41, 5.74) is -0.0676. The molecule has 2 aliphatic heterocycles. The quantitative estimate of drug-likeness (QED) is 0.740.